The van der Waals surface area contributed by atoms with Gasteiger partial charge in [0.1, 0.15) is 6.42 Å². The molecule has 0 fully saturated rings. The van der Waals surface area contributed by atoms with Gasteiger partial charge >= 0.3 is 12.1 Å². The molecule has 0 aliphatic rings. The second-order valence-electron chi connectivity index (χ2n) is 6.20. The molecule has 30 heavy (non-hydrogen) atoms. The summed E-state index contributed by atoms with van der Waals surface area (Å²) in [5, 5.41) is 6.15. The molecular weight excluding hydrogens is 403 g/mol. The summed E-state index contributed by atoms with van der Waals surface area (Å²) < 4.78 is 48.3. The zero-order valence-electron chi connectivity index (χ0n) is 15.6. The van der Waals surface area contributed by atoms with E-state index in [0.717, 1.165) is 12.1 Å². The monoisotopic (exact) mass is 419 g/mol. The van der Waals surface area contributed by atoms with E-state index in [9.17, 15) is 22.8 Å². The number of benzene rings is 2. The lowest BCUT2D eigenvalue weighted by Crippen LogP contribution is -2.35. The number of hydrogen-bond acceptors (Lipinski definition) is 6. The molecular formula is C20H16F3N3O4. The standard InChI is InChI=1S/C20H16F3N3O4/c1-29-19(28)17(12-6-3-2-4-7-12)24-15(27)11-16-25-18(26-30-16)13-8-5-9-14(10-13)20(21,22)23/h2-10,17H,11H2,1H3,(H,24,27). The fourth-order valence-corrected chi connectivity index (χ4v) is 2.67. The van der Waals surface area contributed by atoms with E-state index in [1.165, 1.54) is 19.2 Å². The van der Waals surface area contributed by atoms with Crippen LogP contribution in [0.3, 0.4) is 0 Å². The van der Waals surface area contributed by atoms with E-state index >= 15 is 0 Å². The summed E-state index contributed by atoms with van der Waals surface area (Å²) in [7, 11) is 1.20. The third kappa shape index (κ3) is 5.02. The van der Waals surface area contributed by atoms with Crippen molar-refractivity contribution in [2.24, 2.45) is 0 Å². The maximum atomic E-state index is 12.9. The van der Waals surface area contributed by atoms with Crippen LogP contribution < -0.4 is 5.32 Å². The molecule has 0 aliphatic heterocycles. The Morgan fingerprint density at radius 1 is 1.13 bits per heavy atom. The predicted octanol–water partition coefficient (Wildman–Crippen LogP) is 3.33. The number of methoxy groups -OCH3 is 1. The highest BCUT2D eigenvalue weighted by Gasteiger charge is 2.31. The fourth-order valence-electron chi connectivity index (χ4n) is 2.67. The van der Waals surface area contributed by atoms with Gasteiger partial charge in [0.25, 0.3) is 0 Å². The number of hydrogen-bond donors (Lipinski definition) is 1. The molecule has 10 heteroatoms. The number of amides is 1. The minimum Gasteiger partial charge on any atom is -0.467 e. The van der Waals surface area contributed by atoms with E-state index < -0.39 is 29.7 Å². The van der Waals surface area contributed by atoms with Gasteiger partial charge in [-0.1, -0.05) is 47.6 Å². The molecule has 1 atom stereocenters. The third-order valence-corrected chi connectivity index (χ3v) is 4.10. The van der Waals surface area contributed by atoms with Crippen LogP contribution in [-0.2, 0) is 26.9 Å². The Morgan fingerprint density at radius 2 is 1.87 bits per heavy atom. The Bertz CT molecular complexity index is 1040. The van der Waals surface area contributed by atoms with Crippen LogP contribution in [0.1, 0.15) is 23.1 Å². The van der Waals surface area contributed by atoms with Crippen LogP contribution in [-0.4, -0.2) is 29.1 Å². The Labute approximate surface area is 168 Å². The second kappa shape index (κ2) is 8.76. The van der Waals surface area contributed by atoms with Crippen LogP contribution in [0.4, 0.5) is 13.2 Å². The molecule has 1 amide bonds. The van der Waals surface area contributed by atoms with Crippen molar-refractivity contribution in [3.63, 3.8) is 0 Å². The topological polar surface area (TPSA) is 94.3 Å². The van der Waals surface area contributed by atoms with Crippen LogP contribution in [0.15, 0.2) is 59.1 Å². The number of aromatic nitrogens is 2. The van der Waals surface area contributed by atoms with Crippen LogP contribution in [0.25, 0.3) is 11.4 Å². The van der Waals surface area contributed by atoms with Crippen LogP contribution in [0, 0.1) is 0 Å². The molecule has 1 N–H and O–H groups in total. The number of esters is 1. The number of nitrogens with one attached hydrogen (secondary N) is 1. The smallest absolute Gasteiger partial charge is 0.416 e. The van der Waals surface area contributed by atoms with Gasteiger partial charge in [-0.3, -0.25) is 4.79 Å². The molecule has 2 aromatic carbocycles. The Kier molecular flexibility index (Phi) is 6.14. The maximum Gasteiger partial charge on any atom is 0.416 e. The number of carbonyl (C=O) groups excluding carboxylic acids is 2. The first kappa shape index (κ1) is 21.0. The van der Waals surface area contributed by atoms with Gasteiger partial charge in [-0.25, -0.2) is 4.79 Å². The summed E-state index contributed by atoms with van der Waals surface area (Å²) in [4.78, 5) is 28.3. The molecule has 3 aromatic rings. The summed E-state index contributed by atoms with van der Waals surface area (Å²) in [6.07, 6.45) is -4.88. The summed E-state index contributed by atoms with van der Waals surface area (Å²) in [5.74, 6) is -1.47. The minimum absolute atomic E-state index is 0.0866. The van der Waals surface area contributed by atoms with Crippen molar-refractivity contribution < 1.29 is 32.0 Å². The van der Waals surface area contributed by atoms with E-state index in [1.807, 2.05) is 0 Å². The van der Waals surface area contributed by atoms with Crippen LogP contribution in [0.5, 0.6) is 0 Å². The molecule has 0 bridgehead atoms. The average Bonchev–Trinajstić information content (AvgIpc) is 3.20. The maximum absolute atomic E-state index is 12.9. The molecule has 1 heterocycles. The highest BCUT2D eigenvalue weighted by atomic mass is 19.4. The predicted molar refractivity (Wildman–Crippen MR) is 97.8 cm³/mol. The second-order valence-corrected chi connectivity index (χ2v) is 6.20. The minimum atomic E-state index is -4.51. The lowest BCUT2D eigenvalue weighted by atomic mass is 10.1. The molecule has 0 radical (unpaired) electrons. The zero-order valence-corrected chi connectivity index (χ0v) is 15.6. The number of rotatable bonds is 6. The highest BCUT2D eigenvalue weighted by Crippen LogP contribution is 2.31. The molecule has 0 aliphatic carbocycles. The van der Waals surface area contributed by atoms with E-state index in [-0.39, 0.29) is 23.7 Å². The molecule has 1 unspecified atom stereocenters. The number of carbonyl (C=O) groups is 2. The lowest BCUT2D eigenvalue weighted by Gasteiger charge is -2.16. The van der Waals surface area contributed by atoms with Crippen molar-refractivity contribution in [1.82, 2.24) is 15.5 Å². The summed E-state index contributed by atoms with van der Waals surface area (Å²) >= 11 is 0. The Morgan fingerprint density at radius 3 is 2.53 bits per heavy atom. The van der Waals surface area contributed by atoms with Gasteiger partial charge in [0.05, 0.1) is 12.7 Å². The Balaban J connectivity index is 1.72. The van der Waals surface area contributed by atoms with Gasteiger partial charge in [-0.15, -0.1) is 0 Å². The number of ether oxygens (including phenoxy) is 1. The molecule has 1 aromatic heterocycles. The Hall–Kier alpha value is -3.69. The normalized spacial score (nSPS) is 12.3. The number of nitrogens with zero attached hydrogens (tertiary/aromatic N) is 2. The molecule has 0 saturated heterocycles. The number of alkyl halides is 3. The van der Waals surface area contributed by atoms with Crippen molar-refractivity contribution in [3.8, 4) is 11.4 Å². The van der Waals surface area contributed by atoms with Crippen molar-refractivity contribution in [2.45, 2.75) is 18.6 Å². The average molecular weight is 419 g/mol. The van der Waals surface area contributed by atoms with Gasteiger partial charge < -0.3 is 14.6 Å². The van der Waals surface area contributed by atoms with E-state index in [2.05, 4.69) is 15.5 Å². The van der Waals surface area contributed by atoms with Gasteiger partial charge in [-0.2, -0.15) is 18.2 Å². The van der Waals surface area contributed by atoms with Gasteiger partial charge in [-0.05, 0) is 17.7 Å². The largest absolute Gasteiger partial charge is 0.467 e. The van der Waals surface area contributed by atoms with Crippen molar-refractivity contribution in [2.75, 3.05) is 7.11 Å². The van der Waals surface area contributed by atoms with E-state index in [4.69, 9.17) is 9.26 Å². The molecule has 0 saturated carbocycles. The fraction of sp³-hybridized carbons (Fsp3) is 0.200. The summed E-state index contributed by atoms with van der Waals surface area (Å²) in [6, 6.07) is 11.9. The first-order valence-electron chi connectivity index (χ1n) is 8.70. The quantitative estimate of drug-likeness (QED) is 0.616. The first-order chi connectivity index (χ1) is 14.3. The van der Waals surface area contributed by atoms with E-state index in [1.54, 1.807) is 30.3 Å². The first-order valence-corrected chi connectivity index (χ1v) is 8.70. The zero-order chi connectivity index (χ0) is 21.7. The van der Waals surface area contributed by atoms with Gasteiger partial charge in [0.2, 0.25) is 17.6 Å². The van der Waals surface area contributed by atoms with Crippen molar-refractivity contribution in [3.05, 3.63) is 71.6 Å². The molecule has 3 rings (SSSR count). The van der Waals surface area contributed by atoms with E-state index in [0.29, 0.717) is 5.56 Å². The summed E-state index contributed by atoms with van der Waals surface area (Å²) in [5.41, 5.74) is -0.238. The van der Waals surface area contributed by atoms with Gasteiger partial charge in [0, 0.05) is 5.56 Å². The highest BCUT2D eigenvalue weighted by molar-refractivity contribution is 5.86. The third-order valence-electron chi connectivity index (χ3n) is 4.10. The lowest BCUT2D eigenvalue weighted by molar-refractivity contribution is -0.145. The molecule has 7 nitrogen and oxygen atoms in total. The molecule has 156 valence electrons. The van der Waals surface area contributed by atoms with Crippen LogP contribution >= 0.6 is 0 Å². The molecule has 0 spiro atoms. The van der Waals surface area contributed by atoms with Crippen molar-refractivity contribution in [1.29, 1.82) is 0 Å². The van der Waals surface area contributed by atoms with Gasteiger partial charge in [0.15, 0.2) is 6.04 Å². The SMILES string of the molecule is COC(=O)C(NC(=O)Cc1nc(-c2cccc(C(F)(F)F)c2)no1)c1ccccc1. The summed E-state index contributed by atoms with van der Waals surface area (Å²) in [6.45, 7) is 0. The number of halogens is 3. The van der Waals surface area contributed by atoms with Crippen molar-refractivity contribution >= 4 is 11.9 Å². The van der Waals surface area contributed by atoms with Crippen LogP contribution in [0.2, 0.25) is 0 Å².